The van der Waals surface area contributed by atoms with Crippen LogP contribution in [0.25, 0.3) is 0 Å². The van der Waals surface area contributed by atoms with E-state index >= 15 is 0 Å². The lowest BCUT2D eigenvalue weighted by Gasteiger charge is -2.27. The van der Waals surface area contributed by atoms with Crippen molar-refractivity contribution in [2.45, 2.75) is 295 Å². The van der Waals surface area contributed by atoms with Gasteiger partial charge in [0.15, 0.2) is 0 Å². The Bertz CT molecular complexity index is 878. The molecule has 4 atom stereocenters. The van der Waals surface area contributed by atoms with E-state index in [0.717, 1.165) is 38.5 Å². The minimum Gasteiger partial charge on any atom is -0.394 e. The van der Waals surface area contributed by atoms with Crippen molar-refractivity contribution in [1.82, 2.24) is 5.32 Å². The minimum absolute atomic E-state index is 0.364. The zero-order valence-electron chi connectivity index (χ0n) is 38.8. The number of hydrogen-bond acceptors (Lipinski definition) is 5. The number of carbonyl (C=O) groups is 1. The molecule has 0 aliphatic rings. The zero-order valence-corrected chi connectivity index (χ0v) is 38.8. The highest BCUT2D eigenvalue weighted by Crippen LogP contribution is 2.17. The molecule has 58 heavy (non-hydrogen) atoms. The van der Waals surface area contributed by atoms with Gasteiger partial charge in [0, 0.05) is 0 Å². The molecule has 0 aliphatic carbocycles. The molecule has 0 bridgehead atoms. The number of aliphatic hydroxyl groups excluding tert-OH is 4. The molecule has 0 saturated heterocycles. The van der Waals surface area contributed by atoms with Crippen molar-refractivity contribution in [1.29, 1.82) is 0 Å². The van der Waals surface area contributed by atoms with Gasteiger partial charge in [-0.1, -0.05) is 244 Å². The highest BCUT2D eigenvalue weighted by Gasteiger charge is 2.28. The highest BCUT2D eigenvalue weighted by molar-refractivity contribution is 5.80. The van der Waals surface area contributed by atoms with Crippen LogP contribution in [-0.4, -0.2) is 57.3 Å². The first-order valence-corrected chi connectivity index (χ1v) is 25.7. The molecular weight excluding hydrogens is 719 g/mol. The average Bonchev–Trinajstić information content (AvgIpc) is 3.23. The molecule has 6 nitrogen and oxygen atoms in total. The van der Waals surface area contributed by atoms with Crippen molar-refractivity contribution in [2.75, 3.05) is 6.61 Å². The summed E-state index contributed by atoms with van der Waals surface area (Å²) in [6.45, 7) is 4.06. The fourth-order valence-corrected chi connectivity index (χ4v) is 8.07. The molecule has 0 aromatic heterocycles. The molecule has 0 aliphatic heterocycles. The Labute approximate surface area is 361 Å². The number of allylic oxidation sites excluding steroid dienone is 4. The molecule has 1 amide bonds. The predicted molar refractivity (Wildman–Crippen MR) is 251 cm³/mol. The average molecular weight is 820 g/mol. The fourth-order valence-electron chi connectivity index (χ4n) is 8.07. The van der Waals surface area contributed by atoms with Crippen molar-refractivity contribution in [3.63, 3.8) is 0 Å². The van der Waals surface area contributed by atoms with E-state index in [4.69, 9.17) is 0 Å². The maximum Gasteiger partial charge on any atom is 0.249 e. The van der Waals surface area contributed by atoms with Crippen LogP contribution < -0.4 is 5.32 Å². The fraction of sp³-hybridized carbons (Fsp3) is 0.904. The summed E-state index contributed by atoms with van der Waals surface area (Å²) in [5, 5.41) is 43.8. The Balaban J connectivity index is 3.70. The standard InChI is InChI=1S/C52H101NO5/c1-3-5-7-9-11-13-15-17-19-21-23-24-25-26-28-30-32-34-36-38-40-42-44-46-50(56)52(58)53-48(47-54)51(57)49(55)45-43-41-39-37-35-33-31-29-27-22-20-18-16-14-12-10-8-6-4-2/h29,31,37,39,48-51,54-57H,3-28,30,32-36,38,40-47H2,1-2H3,(H,53,58)/b31-29+,39-37+. The van der Waals surface area contributed by atoms with Crippen molar-refractivity contribution in [3.05, 3.63) is 24.3 Å². The Hall–Kier alpha value is -1.21. The van der Waals surface area contributed by atoms with Gasteiger partial charge in [-0.15, -0.1) is 0 Å². The van der Waals surface area contributed by atoms with E-state index in [9.17, 15) is 25.2 Å². The number of rotatable bonds is 47. The van der Waals surface area contributed by atoms with E-state index in [-0.39, 0.29) is 0 Å². The monoisotopic (exact) mass is 820 g/mol. The van der Waals surface area contributed by atoms with Crippen LogP contribution >= 0.6 is 0 Å². The zero-order chi connectivity index (χ0) is 42.4. The third-order valence-corrected chi connectivity index (χ3v) is 12.1. The molecule has 0 saturated carbocycles. The summed E-state index contributed by atoms with van der Waals surface area (Å²) < 4.78 is 0. The molecule has 4 unspecified atom stereocenters. The van der Waals surface area contributed by atoms with Gasteiger partial charge in [0.2, 0.25) is 5.91 Å². The van der Waals surface area contributed by atoms with Crippen molar-refractivity contribution in [2.24, 2.45) is 0 Å². The molecule has 0 rings (SSSR count). The van der Waals surface area contributed by atoms with Crippen molar-refractivity contribution >= 4 is 5.91 Å². The minimum atomic E-state index is -1.29. The maximum atomic E-state index is 12.6. The lowest BCUT2D eigenvalue weighted by molar-refractivity contribution is -0.132. The Kier molecular flexibility index (Phi) is 45.9. The summed E-state index contributed by atoms with van der Waals surface area (Å²) in [4.78, 5) is 12.6. The lowest BCUT2D eigenvalue weighted by Crippen LogP contribution is -2.53. The van der Waals surface area contributed by atoms with Crippen LogP contribution in [0.1, 0.15) is 271 Å². The number of amides is 1. The summed E-state index contributed by atoms with van der Waals surface area (Å²) in [5.41, 5.74) is 0. The quantitative estimate of drug-likeness (QED) is 0.0310. The molecule has 5 N–H and O–H groups in total. The molecular formula is C52H101NO5. The molecule has 0 radical (unpaired) electrons. The smallest absolute Gasteiger partial charge is 0.249 e. The molecule has 0 spiro atoms. The Morgan fingerprint density at radius 3 is 1.09 bits per heavy atom. The summed E-state index contributed by atoms with van der Waals surface area (Å²) in [5.74, 6) is -0.593. The third kappa shape index (κ3) is 40.2. The molecule has 0 heterocycles. The summed E-state index contributed by atoms with van der Waals surface area (Å²) in [6.07, 6.45) is 55.2. The van der Waals surface area contributed by atoms with Gasteiger partial charge in [-0.2, -0.15) is 0 Å². The van der Waals surface area contributed by atoms with Gasteiger partial charge in [0.05, 0.1) is 18.8 Å². The van der Waals surface area contributed by atoms with Crippen LogP contribution in [0, 0.1) is 0 Å². The van der Waals surface area contributed by atoms with Gasteiger partial charge in [-0.05, 0) is 51.4 Å². The second-order valence-electron chi connectivity index (χ2n) is 17.9. The van der Waals surface area contributed by atoms with Crippen LogP contribution in [0.2, 0.25) is 0 Å². The van der Waals surface area contributed by atoms with Gasteiger partial charge in [-0.25, -0.2) is 0 Å². The number of nitrogens with one attached hydrogen (secondary N) is 1. The predicted octanol–water partition coefficient (Wildman–Crippen LogP) is 14.3. The van der Waals surface area contributed by atoms with Gasteiger partial charge >= 0.3 is 0 Å². The van der Waals surface area contributed by atoms with Crippen molar-refractivity contribution < 1.29 is 25.2 Å². The van der Waals surface area contributed by atoms with E-state index in [0.29, 0.717) is 19.3 Å². The number of carbonyl (C=O) groups excluding carboxylic acids is 1. The molecule has 344 valence electrons. The van der Waals surface area contributed by atoms with E-state index in [1.54, 1.807) is 0 Å². The third-order valence-electron chi connectivity index (χ3n) is 12.1. The topological polar surface area (TPSA) is 110 Å². The van der Waals surface area contributed by atoms with E-state index in [1.807, 2.05) is 0 Å². The summed E-state index contributed by atoms with van der Waals surface area (Å²) >= 11 is 0. The number of aliphatic hydroxyl groups is 4. The first-order valence-electron chi connectivity index (χ1n) is 25.7. The van der Waals surface area contributed by atoms with Crippen LogP contribution in [0.3, 0.4) is 0 Å². The Morgan fingerprint density at radius 2 is 0.724 bits per heavy atom. The number of unbranched alkanes of at least 4 members (excludes halogenated alkanes) is 34. The molecule has 0 aromatic carbocycles. The molecule has 6 heteroatoms. The second kappa shape index (κ2) is 46.8. The van der Waals surface area contributed by atoms with Gasteiger partial charge in [0.1, 0.15) is 12.2 Å². The largest absolute Gasteiger partial charge is 0.394 e. The van der Waals surface area contributed by atoms with Crippen molar-refractivity contribution in [3.8, 4) is 0 Å². The van der Waals surface area contributed by atoms with Crippen LogP contribution in [-0.2, 0) is 4.79 Å². The summed E-state index contributed by atoms with van der Waals surface area (Å²) in [6, 6.07) is -1.01. The summed E-state index contributed by atoms with van der Waals surface area (Å²) in [7, 11) is 0. The van der Waals surface area contributed by atoms with Crippen LogP contribution in [0.5, 0.6) is 0 Å². The number of hydrogen-bond donors (Lipinski definition) is 5. The molecule has 0 aromatic rings. The Morgan fingerprint density at radius 1 is 0.414 bits per heavy atom. The first-order chi connectivity index (χ1) is 28.5. The van der Waals surface area contributed by atoms with Gasteiger partial charge in [-0.3, -0.25) is 4.79 Å². The van der Waals surface area contributed by atoms with Crippen LogP contribution in [0.4, 0.5) is 0 Å². The van der Waals surface area contributed by atoms with Gasteiger partial charge in [0.25, 0.3) is 0 Å². The molecule has 0 fully saturated rings. The highest BCUT2D eigenvalue weighted by atomic mass is 16.3. The van der Waals surface area contributed by atoms with Crippen LogP contribution in [0.15, 0.2) is 24.3 Å². The van der Waals surface area contributed by atoms with E-state index in [1.165, 1.54) is 199 Å². The van der Waals surface area contributed by atoms with E-state index < -0.39 is 36.9 Å². The SMILES string of the molecule is CCCCCCCCCCCC/C=C/CC/C=C/CCCC(O)C(O)C(CO)NC(=O)C(O)CCCCCCCCCCCCCCCCCCCCCCCCC. The normalized spacial score (nSPS) is 14.1. The second-order valence-corrected chi connectivity index (χ2v) is 17.9. The maximum absolute atomic E-state index is 12.6. The van der Waals surface area contributed by atoms with E-state index in [2.05, 4.69) is 43.5 Å². The van der Waals surface area contributed by atoms with Gasteiger partial charge < -0.3 is 25.7 Å². The first kappa shape index (κ1) is 56.8. The lowest BCUT2D eigenvalue weighted by atomic mass is 10.00.